The lowest BCUT2D eigenvalue weighted by molar-refractivity contribution is -0.146. The van der Waals surface area contributed by atoms with Gasteiger partial charge in [0.25, 0.3) is 5.91 Å². The molecule has 4 heteroatoms. The molecule has 0 fully saturated rings. The van der Waals surface area contributed by atoms with Gasteiger partial charge in [0, 0.05) is 12.1 Å². The van der Waals surface area contributed by atoms with Crippen molar-refractivity contribution >= 4 is 22.6 Å². The molecular weight excluding hydrogens is 254 g/mol. The van der Waals surface area contributed by atoms with Crippen molar-refractivity contribution in [1.82, 2.24) is 5.32 Å². The Bertz CT molecular complexity index is 656. The zero-order valence-electron chi connectivity index (χ0n) is 11.5. The summed E-state index contributed by atoms with van der Waals surface area (Å²) in [5, 5.41) is 13.6. The molecule has 0 aliphatic heterocycles. The first-order valence-electron chi connectivity index (χ1n) is 6.41. The number of carboxylic acids is 1. The van der Waals surface area contributed by atoms with Gasteiger partial charge in [0.15, 0.2) is 0 Å². The van der Waals surface area contributed by atoms with Gasteiger partial charge in [-0.2, -0.15) is 0 Å². The van der Waals surface area contributed by atoms with Crippen LogP contribution in [0.5, 0.6) is 0 Å². The van der Waals surface area contributed by atoms with E-state index in [4.69, 9.17) is 5.11 Å². The summed E-state index contributed by atoms with van der Waals surface area (Å²) in [5.41, 5.74) is -0.426. The van der Waals surface area contributed by atoms with Crippen LogP contribution in [0.15, 0.2) is 42.5 Å². The number of carbonyl (C=O) groups is 2. The fourth-order valence-electron chi connectivity index (χ4n) is 1.90. The molecule has 2 N–H and O–H groups in total. The molecule has 0 unspecified atom stereocenters. The second-order valence-corrected chi connectivity index (χ2v) is 5.40. The highest BCUT2D eigenvalue weighted by atomic mass is 16.4. The lowest BCUT2D eigenvalue weighted by atomic mass is 9.93. The average molecular weight is 271 g/mol. The van der Waals surface area contributed by atoms with Crippen molar-refractivity contribution in [1.29, 1.82) is 0 Å². The van der Waals surface area contributed by atoms with Crippen LogP contribution in [0.3, 0.4) is 0 Å². The van der Waals surface area contributed by atoms with Crippen molar-refractivity contribution in [3.05, 3.63) is 48.0 Å². The molecule has 0 atom stereocenters. The maximum Gasteiger partial charge on any atom is 0.310 e. The molecule has 4 nitrogen and oxygen atoms in total. The van der Waals surface area contributed by atoms with Crippen LogP contribution in [0.4, 0.5) is 0 Å². The van der Waals surface area contributed by atoms with Crippen molar-refractivity contribution in [2.45, 2.75) is 13.8 Å². The van der Waals surface area contributed by atoms with E-state index in [2.05, 4.69) is 5.32 Å². The summed E-state index contributed by atoms with van der Waals surface area (Å²) in [6.45, 7) is 3.25. The van der Waals surface area contributed by atoms with Gasteiger partial charge in [-0.1, -0.05) is 36.4 Å². The lowest BCUT2D eigenvalue weighted by Crippen LogP contribution is -2.38. The predicted octanol–water partition coefficient (Wildman–Crippen LogP) is 2.68. The minimum absolute atomic E-state index is 0.0877. The Labute approximate surface area is 117 Å². The second-order valence-electron chi connectivity index (χ2n) is 5.40. The maximum atomic E-state index is 12.2. The first-order valence-corrected chi connectivity index (χ1v) is 6.41. The quantitative estimate of drug-likeness (QED) is 0.898. The number of rotatable bonds is 4. The monoisotopic (exact) mass is 271 g/mol. The van der Waals surface area contributed by atoms with Crippen LogP contribution in [0.1, 0.15) is 24.2 Å². The van der Waals surface area contributed by atoms with Gasteiger partial charge in [-0.15, -0.1) is 0 Å². The van der Waals surface area contributed by atoms with Crippen LogP contribution < -0.4 is 5.32 Å². The van der Waals surface area contributed by atoms with Crippen LogP contribution in [0.2, 0.25) is 0 Å². The highest BCUT2D eigenvalue weighted by Crippen LogP contribution is 2.19. The van der Waals surface area contributed by atoms with E-state index in [-0.39, 0.29) is 12.5 Å². The van der Waals surface area contributed by atoms with Crippen molar-refractivity contribution in [2.75, 3.05) is 6.54 Å². The van der Waals surface area contributed by atoms with Crippen LogP contribution in [0, 0.1) is 5.41 Å². The molecule has 0 aliphatic carbocycles. The lowest BCUT2D eigenvalue weighted by Gasteiger charge is -2.19. The molecule has 20 heavy (non-hydrogen) atoms. The SMILES string of the molecule is CC(C)(CNC(=O)c1cccc2ccccc12)C(=O)O. The third-order valence-corrected chi connectivity index (χ3v) is 3.30. The molecule has 2 aromatic rings. The number of nitrogens with one attached hydrogen (secondary N) is 1. The molecule has 104 valence electrons. The van der Waals surface area contributed by atoms with Crippen LogP contribution in [0.25, 0.3) is 10.8 Å². The van der Waals surface area contributed by atoms with Gasteiger partial charge in [-0.3, -0.25) is 9.59 Å². The standard InChI is InChI=1S/C16H17NO3/c1-16(2,15(19)20)10-17-14(18)13-9-5-7-11-6-3-4-8-12(11)13/h3-9H,10H2,1-2H3,(H,17,18)(H,19,20). The van der Waals surface area contributed by atoms with E-state index >= 15 is 0 Å². The first kappa shape index (κ1) is 14.1. The zero-order valence-corrected chi connectivity index (χ0v) is 11.5. The minimum Gasteiger partial charge on any atom is -0.481 e. The van der Waals surface area contributed by atoms with E-state index < -0.39 is 11.4 Å². The van der Waals surface area contributed by atoms with E-state index in [1.54, 1.807) is 19.9 Å². The third kappa shape index (κ3) is 2.79. The Balaban J connectivity index is 2.22. The molecule has 0 bridgehead atoms. The number of fused-ring (bicyclic) bond motifs is 1. The largest absolute Gasteiger partial charge is 0.481 e. The number of amides is 1. The Morgan fingerprint density at radius 1 is 1.10 bits per heavy atom. The Morgan fingerprint density at radius 3 is 2.45 bits per heavy atom. The van der Waals surface area contributed by atoms with Crippen LogP contribution >= 0.6 is 0 Å². The molecule has 0 aliphatic rings. The van der Waals surface area contributed by atoms with E-state index in [9.17, 15) is 9.59 Å². The maximum absolute atomic E-state index is 12.2. The molecule has 0 aromatic heterocycles. The van der Waals surface area contributed by atoms with Crippen molar-refractivity contribution in [3.8, 4) is 0 Å². The molecule has 0 radical (unpaired) electrons. The zero-order chi connectivity index (χ0) is 14.8. The topological polar surface area (TPSA) is 66.4 Å². The molecule has 1 amide bonds. The van der Waals surface area contributed by atoms with Gasteiger partial charge in [0.2, 0.25) is 0 Å². The van der Waals surface area contributed by atoms with Gasteiger partial charge in [0.05, 0.1) is 5.41 Å². The Morgan fingerprint density at radius 2 is 1.75 bits per heavy atom. The van der Waals surface area contributed by atoms with E-state index in [0.717, 1.165) is 10.8 Å². The number of hydrogen-bond donors (Lipinski definition) is 2. The van der Waals surface area contributed by atoms with Gasteiger partial charge in [-0.05, 0) is 30.7 Å². The van der Waals surface area contributed by atoms with Crippen LogP contribution in [-0.4, -0.2) is 23.5 Å². The summed E-state index contributed by atoms with van der Waals surface area (Å²) < 4.78 is 0. The van der Waals surface area contributed by atoms with E-state index in [1.807, 2.05) is 36.4 Å². The first-order chi connectivity index (χ1) is 9.42. The minimum atomic E-state index is -0.986. The summed E-state index contributed by atoms with van der Waals surface area (Å²) in [6, 6.07) is 13.1. The number of carbonyl (C=O) groups excluding carboxylic acids is 1. The van der Waals surface area contributed by atoms with E-state index in [1.165, 1.54) is 0 Å². The number of benzene rings is 2. The number of carboxylic acid groups (broad SMARTS) is 1. The van der Waals surface area contributed by atoms with Gasteiger partial charge in [-0.25, -0.2) is 0 Å². The predicted molar refractivity (Wildman–Crippen MR) is 77.7 cm³/mol. The number of hydrogen-bond acceptors (Lipinski definition) is 2. The summed E-state index contributed by atoms with van der Waals surface area (Å²) >= 11 is 0. The Hall–Kier alpha value is -2.36. The number of aliphatic carboxylic acids is 1. The van der Waals surface area contributed by atoms with Gasteiger partial charge in [0.1, 0.15) is 0 Å². The molecule has 2 aromatic carbocycles. The van der Waals surface area contributed by atoms with Gasteiger partial charge < -0.3 is 10.4 Å². The molecule has 2 rings (SSSR count). The highest BCUT2D eigenvalue weighted by molar-refractivity contribution is 6.07. The normalized spacial score (nSPS) is 11.3. The van der Waals surface area contributed by atoms with Crippen molar-refractivity contribution in [2.24, 2.45) is 5.41 Å². The van der Waals surface area contributed by atoms with E-state index in [0.29, 0.717) is 5.56 Å². The molecule has 0 heterocycles. The summed E-state index contributed by atoms with van der Waals surface area (Å²) in [5.74, 6) is -1.19. The highest BCUT2D eigenvalue weighted by Gasteiger charge is 2.27. The average Bonchev–Trinajstić information content (AvgIpc) is 2.44. The Kier molecular flexibility index (Phi) is 3.74. The van der Waals surface area contributed by atoms with Crippen molar-refractivity contribution in [3.63, 3.8) is 0 Å². The van der Waals surface area contributed by atoms with Crippen LogP contribution in [-0.2, 0) is 4.79 Å². The fraction of sp³-hybridized carbons (Fsp3) is 0.250. The molecular formula is C16H17NO3. The fourth-order valence-corrected chi connectivity index (χ4v) is 1.90. The smallest absolute Gasteiger partial charge is 0.310 e. The summed E-state index contributed by atoms with van der Waals surface area (Å²) in [7, 11) is 0. The molecule has 0 spiro atoms. The second kappa shape index (κ2) is 5.33. The summed E-state index contributed by atoms with van der Waals surface area (Å²) in [6.07, 6.45) is 0. The summed E-state index contributed by atoms with van der Waals surface area (Å²) in [4.78, 5) is 23.3. The molecule has 0 saturated carbocycles. The molecule has 0 saturated heterocycles. The third-order valence-electron chi connectivity index (χ3n) is 3.30. The van der Waals surface area contributed by atoms with Gasteiger partial charge >= 0.3 is 5.97 Å². The van der Waals surface area contributed by atoms with Crippen molar-refractivity contribution < 1.29 is 14.7 Å².